The maximum Gasteiger partial charge on any atom is 0.271 e. The highest BCUT2D eigenvalue weighted by Crippen LogP contribution is 2.26. The van der Waals surface area contributed by atoms with Gasteiger partial charge in [0.05, 0.1) is 23.4 Å². The Morgan fingerprint density at radius 1 is 0.912 bits per heavy atom. The molecule has 9 heteroatoms. The Kier molecular flexibility index (Phi) is 5.87. The number of hydrogen-bond acceptors (Lipinski definition) is 5. The van der Waals surface area contributed by atoms with E-state index in [-0.39, 0.29) is 16.2 Å². The van der Waals surface area contributed by atoms with E-state index < -0.39 is 10.0 Å². The lowest BCUT2D eigenvalue weighted by molar-refractivity contribution is 0.0943. The van der Waals surface area contributed by atoms with Crippen molar-refractivity contribution < 1.29 is 13.2 Å². The fourth-order valence-corrected chi connectivity index (χ4v) is 5.71. The van der Waals surface area contributed by atoms with E-state index in [2.05, 4.69) is 20.0 Å². The van der Waals surface area contributed by atoms with E-state index in [4.69, 9.17) is 0 Å². The van der Waals surface area contributed by atoms with Crippen LogP contribution in [0.3, 0.4) is 0 Å². The topological polar surface area (TPSA) is 104 Å². The number of H-pyrrole nitrogens is 1. The zero-order valence-corrected chi connectivity index (χ0v) is 19.4. The molecule has 0 radical (unpaired) electrons. The molecule has 1 atom stereocenters. The van der Waals surface area contributed by atoms with Crippen molar-refractivity contribution >= 4 is 44.0 Å². The second kappa shape index (κ2) is 9.12. The number of imidazole rings is 1. The highest BCUT2D eigenvalue weighted by molar-refractivity contribution is 7.94. The molecule has 34 heavy (non-hydrogen) atoms. The minimum atomic E-state index is -3.65. The summed E-state index contributed by atoms with van der Waals surface area (Å²) in [5, 5.41) is 4.81. The van der Waals surface area contributed by atoms with Crippen molar-refractivity contribution in [3.63, 3.8) is 0 Å². The number of benzene rings is 3. The van der Waals surface area contributed by atoms with Gasteiger partial charge < -0.3 is 10.3 Å². The number of carbonyl (C=O) groups is 1. The van der Waals surface area contributed by atoms with Gasteiger partial charge >= 0.3 is 0 Å². The van der Waals surface area contributed by atoms with E-state index in [9.17, 15) is 13.2 Å². The van der Waals surface area contributed by atoms with Gasteiger partial charge in [-0.3, -0.25) is 9.52 Å². The summed E-state index contributed by atoms with van der Waals surface area (Å²) in [5.74, 6) is -0.272. The van der Waals surface area contributed by atoms with Crippen LogP contribution in [-0.4, -0.2) is 24.3 Å². The molecule has 2 aromatic heterocycles. The van der Waals surface area contributed by atoms with Crippen LogP contribution < -0.4 is 10.0 Å². The molecule has 0 aliphatic heterocycles. The Bertz CT molecular complexity index is 1530. The first-order valence-electron chi connectivity index (χ1n) is 10.4. The van der Waals surface area contributed by atoms with E-state index >= 15 is 0 Å². The van der Waals surface area contributed by atoms with Crippen molar-refractivity contribution in [1.29, 1.82) is 0 Å². The summed E-state index contributed by atoms with van der Waals surface area (Å²) in [6, 6.07) is 24.7. The fourth-order valence-electron chi connectivity index (χ4n) is 3.66. The third-order valence-electron chi connectivity index (χ3n) is 5.35. The van der Waals surface area contributed by atoms with Crippen LogP contribution in [0.5, 0.6) is 0 Å². The predicted molar refractivity (Wildman–Crippen MR) is 133 cm³/mol. The molecular weight excluding hydrogens is 468 g/mol. The van der Waals surface area contributed by atoms with Gasteiger partial charge in [-0.25, -0.2) is 13.4 Å². The summed E-state index contributed by atoms with van der Waals surface area (Å²) < 4.78 is 27.6. The van der Waals surface area contributed by atoms with E-state index in [1.54, 1.807) is 48.1 Å². The van der Waals surface area contributed by atoms with E-state index in [1.807, 2.05) is 48.5 Å². The predicted octanol–water partition coefficient (Wildman–Crippen LogP) is 4.94. The van der Waals surface area contributed by atoms with Crippen LogP contribution in [0.4, 0.5) is 5.69 Å². The van der Waals surface area contributed by atoms with Gasteiger partial charge in [0.1, 0.15) is 4.21 Å². The molecule has 0 saturated carbocycles. The number of aromatic nitrogens is 2. The van der Waals surface area contributed by atoms with E-state index in [1.165, 1.54) is 0 Å². The monoisotopic (exact) mass is 488 g/mol. The Hall–Kier alpha value is -3.95. The first kappa shape index (κ1) is 21.9. The largest absolute Gasteiger partial charge is 0.345 e. The summed E-state index contributed by atoms with van der Waals surface area (Å²) >= 11 is 1.14. The molecule has 5 rings (SSSR count). The number of fused-ring (bicyclic) bond motifs is 1. The standard InChI is InChI=1S/C25H20N4O3S2/c30-25(18-8-11-20(12-9-18)29-34(31,32)23-7-4-14-33-23)28-24(17-5-2-1-3-6-17)19-10-13-21-22(15-19)27-16-26-21/h1-16,24,29H,(H,26,27)(H,28,30). The summed E-state index contributed by atoms with van der Waals surface area (Å²) in [5.41, 5.74) is 4.39. The molecule has 2 heterocycles. The molecule has 3 N–H and O–H groups in total. The van der Waals surface area contributed by atoms with Gasteiger partial charge in [0.15, 0.2) is 0 Å². The molecular formula is C25H20N4O3S2. The Morgan fingerprint density at radius 2 is 1.71 bits per heavy atom. The van der Waals surface area contributed by atoms with E-state index in [0.29, 0.717) is 11.3 Å². The van der Waals surface area contributed by atoms with Gasteiger partial charge in [0.25, 0.3) is 15.9 Å². The number of anilines is 1. The van der Waals surface area contributed by atoms with Crippen molar-refractivity contribution in [3.8, 4) is 0 Å². The summed E-state index contributed by atoms with van der Waals surface area (Å²) in [7, 11) is -3.65. The smallest absolute Gasteiger partial charge is 0.271 e. The maximum atomic E-state index is 13.1. The van der Waals surface area contributed by atoms with Gasteiger partial charge in [-0.15, -0.1) is 11.3 Å². The molecule has 7 nitrogen and oxygen atoms in total. The number of aromatic amines is 1. The molecule has 5 aromatic rings. The quantitative estimate of drug-likeness (QED) is 0.302. The fraction of sp³-hybridized carbons (Fsp3) is 0.0400. The Balaban J connectivity index is 1.38. The van der Waals surface area contributed by atoms with Crippen LogP contribution in [0.2, 0.25) is 0 Å². The zero-order valence-electron chi connectivity index (χ0n) is 17.8. The maximum absolute atomic E-state index is 13.1. The van der Waals surface area contributed by atoms with Crippen molar-refractivity contribution in [2.75, 3.05) is 4.72 Å². The molecule has 0 bridgehead atoms. The number of carbonyl (C=O) groups excluding carboxylic acids is 1. The number of amides is 1. The van der Waals surface area contributed by atoms with Crippen molar-refractivity contribution in [1.82, 2.24) is 15.3 Å². The number of sulfonamides is 1. The molecule has 0 aliphatic rings. The Labute approximate surface area is 200 Å². The van der Waals surface area contributed by atoms with Crippen molar-refractivity contribution in [3.05, 3.63) is 113 Å². The molecule has 0 spiro atoms. The zero-order chi connectivity index (χ0) is 23.5. The van der Waals surface area contributed by atoms with Crippen LogP contribution in [0.1, 0.15) is 27.5 Å². The van der Waals surface area contributed by atoms with Crippen molar-refractivity contribution in [2.24, 2.45) is 0 Å². The lowest BCUT2D eigenvalue weighted by Crippen LogP contribution is -2.29. The van der Waals surface area contributed by atoms with Gasteiger partial charge in [0, 0.05) is 11.3 Å². The molecule has 3 aromatic carbocycles. The highest BCUT2D eigenvalue weighted by atomic mass is 32.2. The third kappa shape index (κ3) is 4.57. The van der Waals surface area contributed by atoms with E-state index in [0.717, 1.165) is 33.5 Å². The lowest BCUT2D eigenvalue weighted by atomic mass is 9.97. The number of hydrogen-bond donors (Lipinski definition) is 3. The molecule has 1 amide bonds. The molecule has 1 unspecified atom stereocenters. The second-order valence-corrected chi connectivity index (χ2v) is 10.5. The number of nitrogens with one attached hydrogen (secondary N) is 3. The first-order valence-corrected chi connectivity index (χ1v) is 12.8. The molecule has 0 aliphatic carbocycles. The number of nitrogens with zero attached hydrogens (tertiary/aromatic N) is 1. The summed E-state index contributed by atoms with van der Waals surface area (Å²) in [6.45, 7) is 0. The first-order chi connectivity index (χ1) is 16.5. The average molecular weight is 489 g/mol. The lowest BCUT2D eigenvalue weighted by Gasteiger charge is -2.20. The summed E-state index contributed by atoms with van der Waals surface area (Å²) in [4.78, 5) is 20.5. The highest BCUT2D eigenvalue weighted by Gasteiger charge is 2.19. The molecule has 0 saturated heterocycles. The minimum absolute atomic E-state index is 0.231. The third-order valence-corrected chi connectivity index (χ3v) is 8.12. The second-order valence-electron chi connectivity index (χ2n) is 7.61. The molecule has 170 valence electrons. The average Bonchev–Trinajstić information content (AvgIpc) is 3.55. The van der Waals surface area contributed by atoms with Gasteiger partial charge in [-0.1, -0.05) is 42.5 Å². The minimum Gasteiger partial charge on any atom is -0.345 e. The van der Waals surface area contributed by atoms with Crippen molar-refractivity contribution in [2.45, 2.75) is 10.3 Å². The van der Waals surface area contributed by atoms with Gasteiger partial charge in [-0.2, -0.15) is 0 Å². The van der Waals surface area contributed by atoms with Gasteiger partial charge in [-0.05, 0) is 59.0 Å². The number of rotatable bonds is 7. The number of thiophene rings is 1. The van der Waals surface area contributed by atoms with Crippen LogP contribution in [0.25, 0.3) is 11.0 Å². The van der Waals surface area contributed by atoms with Crippen LogP contribution >= 0.6 is 11.3 Å². The van der Waals surface area contributed by atoms with Gasteiger partial charge in [0.2, 0.25) is 0 Å². The van der Waals surface area contributed by atoms with Crippen LogP contribution in [0.15, 0.2) is 101 Å². The van der Waals surface area contributed by atoms with Crippen LogP contribution in [0, 0.1) is 0 Å². The van der Waals surface area contributed by atoms with Crippen LogP contribution in [-0.2, 0) is 10.0 Å². The Morgan fingerprint density at radius 3 is 2.44 bits per heavy atom. The normalized spacial score (nSPS) is 12.4. The summed E-state index contributed by atoms with van der Waals surface area (Å²) in [6.07, 6.45) is 1.64. The SMILES string of the molecule is O=C(NC(c1ccccc1)c1ccc2nc[nH]c2c1)c1ccc(NS(=O)(=O)c2cccs2)cc1. The molecule has 0 fully saturated rings.